The number of carbonyl (C=O) groups is 3. The molecule has 0 unspecified atom stereocenters. The second-order valence-corrected chi connectivity index (χ2v) is 9.92. The molecule has 15 heteroatoms. The Balaban J connectivity index is 1.32. The highest BCUT2D eigenvalue weighted by Gasteiger charge is 2.53. The van der Waals surface area contributed by atoms with Crippen LogP contribution in [0.2, 0.25) is 0 Å². The zero-order chi connectivity index (χ0) is 26.1. The molecule has 5 heterocycles. The number of carboxylic acids is 1. The monoisotopic (exact) mass is 541 g/mol. The van der Waals surface area contributed by atoms with Crippen LogP contribution >= 0.6 is 23.1 Å². The number of pyridine rings is 1. The van der Waals surface area contributed by atoms with Crippen LogP contribution in [0.3, 0.4) is 0 Å². The molecule has 0 aromatic carbocycles. The molecule has 1 fully saturated rings. The van der Waals surface area contributed by atoms with E-state index in [1.165, 1.54) is 24.3 Å². The van der Waals surface area contributed by atoms with Gasteiger partial charge < -0.3 is 30.3 Å². The van der Waals surface area contributed by atoms with Gasteiger partial charge in [-0.3, -0.25) is 14.5 Å². The molecule has 3 N–H and O–H groups in total. The number of hydrogen-bond acceptors (Lipinski definition) is 12. The highest BCUT2D eigenvalue weighted by Crippen LogP contribution is 2.40. The van der Waals surface area contributed by atoms with Gasteiger partial charge in [0.1, 0.15) is 24.2 Å². The number of aliphatic carboxylic acids is 1. The molecule has 2 aliphatic heterocycles. The number of fused-ring (bicyclic) bond motifs is 1. The van der Waals surface area contributed by atoms with Gasteiger partial charge in [0.15, 0.2) is 35.5 Å². The summed E-state index contributed by atoms with van der Waals surface area (Å²) in [6.07, 6.45) is 5.09. The molecular formula is C22H19N7O6S2. The molecule has 0 spiro atoms. The zero-order valence-electron chi connectivity index (χ0n) is 19.2. The Morgan fingerprint density at radius 1 is 1.38 bits per heavy atom. The topological polar surface area (TPSA) is 180 Å². The normalized spacial score (nSPS) is 19.3. The van der Waals surface area contributed by atoms with Gasteiger partial charge in [-0.25, -0.2) is 9.55 Å². The number of carboxylic acid groups (broad SMARTS) is 1. The van der Waals surface area contributed by atoms with Gasteiger partial charge in [0.25, 0.3) is 11.8 Å². The average molecular weight is 542 g/mol. The summed E-state index contributed by atoms with van der Waals surface area (Å²) in [6, 6.07) is 4.40. The molecule has 3 aromatic heterocycles. The number of carbonyl (C=O) groups excluding carboxylic acids is 3. The number of nitrogen functional groups attached to an aromatic ring is 1. The minimum Gasteiger partial charge on any atom is -0.543 e. The van der Waals surface area contributed by atoms with Crippen LogP contribution < -0.4 is 20.7 Å². The Bertz CT molecular complexity index is 1420. The summed E-state index contributed by atoms with van der Waals surface area (Å²) in [5.41, 5.74) is 6.83. The number of oxime groups is 1. The minimum absolute atomic E-state index is 0.149. The summed E-state index contributed by atoms with van der Waals surface area (Å²) in [7, 11) is 1.27. The molecule has 2 aliphatic rings. The quantitative estimate of drug-likeness (QED) is 0.157. The lowest BCUT2D eigenvalue weighted by molar-refractivity contribution is -0.689. The molecule has 0 bridgehead atoms. The highest BCUT2D eigenvalue weighted by atomic mass is 32.2. The number of thiazole rings is 1. The van der Waals surface area contributed by atoms with Crippen molar-refractivity contribution in [1.82, 2.24) is 20.4 Å². The van der Waals surface area contributed by atoms with Crippen LogP contribution in [-0.4, -0.2) is 62.8 Å². The van der Waals surface area contributed by atoms with Gasteiger partial charge in [-0.15, -0.1) is 23.1 Å². The van der Waals surface area contributed by atoms with Crippen molar-refractivity contribution in [3.63, 3.8) is 0 Å². The van der Waals surface area contributed by atoms with E-state index in [4.69, 9.17) is 15.1 Å². The third kappa shape index (κ3) is 4.65. The summed E-state index contributed by atoms with van der Waals surface area (Å²) in [5.74, 6) is -1.80. The fraction of sp³-hybridized carbons (Fsp3) is 0.227. The maximum absolute atomic E-state index is 13.0. The lowest BCUT2D eigenvalue weighted by Crippen LogP contribution is -2.71. The van der Waals surface area contributed by atoms with Crippen LogP contribution in [-0.2, 0) is 25.8 Å². The lowest BCUT2D eigenvalue weighted by Gasteiger charge is -2.50. The average Bonchev–Trinajstić information content (AvgIpc) is 3.58. The fourth-order valence-corrected chi connectivity index (χ4v) is 5.89. The van der Waals surface area contributed by atoms with Gasteiger partial charge in [-0.05, 0) is 0 Å². The maximum Gasteiger partial charge on any atom is 0.276 e. The fourth-order valence-electron chi connectivity index (χ4n) is 4.01. The molecule has 0 aliphatic carbocycles. The van der Waals surface area contributed by atoms with Crippen LogP contribution in [0.15, 0.2) is 63.1 Å². The number of anilines is 1. The first-order chi connectivity index (χ1) is 17.9. The van der Waals surface area contributed by atoms with Gasteiger partial charge in [0.05, 0.1) is 17.9 Å². The second-order valence-electron chi connectivity index (χ2n) is 7.93. The van der Waals surface area contributed by atoms with Gasteiger partial charge in [-0.2, -0.15) is 0 Å². The Hall–Kier alpha value is -4.24. The van der Waals surface area contributed by atoms with Gasteiger partial charge in [0.2, 0.25) is 0 Å². The number of β-lactam (4-membered cyclic amide) rings is 1. The number of aromatic nitrogens is 3. The van der Waals surface area contributed by atoms with Crippen LogP contribution in [0.4, 0.5) is 5.13 Å². The molecule has 37 heavy (non-hydrogen) atoms. The number of hydrogen-bond donors (Lipinski definition) is 2. The first-order valence-electron chi connectivity index (χ1n) is 10.8. The van der Waals surface area contributed by atoms with E-state index >= 15 is 0 Å². The summed E-state index contributed by atoms with van der Waals surface area (Å²) < 4.78 is 6.93. The number of amides is 2. The Labute approximate surface area is 217 Å². The first kappa shape index (κ1) is 24.5. The number of rotatable bonds is 8. The molecule has 0 radical (unpaired) electrons. The standard InChI is InChI=1S/C22H19N7O6S2/c1-34-27-15(13-10-37-22(23)25-13)18(30)26-16-19(31)29-17(21(32)33)12(9-36-20(16)29)8-28-6-3-11(4-7-28)14-2-5-24-35-14/h2-7,10,16,20H,8-9H2,1H3,(H3-,23,25,26,30,32,33)/b27-15-/t16-,20-/m1/s1. The molecule has 2 atom stereocenters. The second kappa shape index (κ2) is 10.0. The van der Waals surface area contributed by atoms with Crippen molar-refractivity contribution in [3.05, 3.63) is 59.1 Å². The molecule has 1 saturated heterocycles. The van der Waals surface area contributed by atoms with Crippen molar-refractivity contribution >= 4 is 51.7 Å². The molecule has 2 amide bonds. The third-order valence-corrected chi connectivity index (χ3v) is 7.69. The van der Waals surface area contributed by atoms with E-state index < -0.39 is 29.2 Å². The largest absolute Gasteiger partial charge is 0.543 e. The maximum atomic E-state index is 13.0. The summed E-state index contributed by atoms with van der Waals surface area (Å²) in [5, 5.41) is 23.2. The predicted molar refractivity (Wildman–Crippen MR) is 129 cm³/mol. The van der Waals surface area contributed by atoms with Crippen molar-refractivity contribution in [2.75, 3.05) is 18.6 Å². The molecule has 3 aromatic rings. The minimum atomic E-state index is -1.46. The molecular weight excluding hydrogens is 522 g/mol. The number of nitrogens with zero attached hydrogens (tertiary/aromatic N) is 5. The predicted octanol–water partition coefficient (Wildman–Crippen LogP) is -0.878. The Kier molecular flexibility index (Phi) is 6.62. The number of nitrogens with one attached hydrogen (secondary N) is 1. The van der Waals surface area contributed by atoms with Crippen LogP contribution in [0.5, 0.6) is 0 Å². The Morgan fingerprint density at radius 2 is 2.16 bits per heavy atom. The van der Waals surface area contributed by atoms with E-state index in [2.05, 4.69) is 20.6 Å². The van der Waals surface area contributed by atoms with Crippen LogP contribution in [0.25, 0.3) is 11.3 Å². The van der Waals surface area contributed by atoms with Crippen LogP contribution in [0, 0.1) is 0 Å². The van der Waals surface area contributed by atoms with Crippen LogP contribution in [0.1, 0.15) is 5.69 Å². The van der Waals surface area contributed by atoms with Gasteiger partial charge in [0, 0.05) is 40.5 Å². The third-order valence-electron chi connectivity index (χ3n) is 5.68. The summed E-state index contributed by atoms with van der Waals surface area (Å²) in [4.78, 5) is 47.9. The number of nitrogens with two attached hydrogens (primary N) is 1. The van der Waals surface area contributed by atoms with E-state index in [1.54, 1.807) is 29.2 Å². The summed E-state index contributed by atoms with van der Waals surface area (Å²) in [6.45, 7) is 0.233. The van der Waals surface area contributed by atoms with Crippen molar-refractivity contribution < 1.29 is 33.4 Å². The van der Waals surface area contributed by atoms with Crippen molar-refractivity contribution in [3.8, 4) is 11.3 Å². The van der Waals surface area contributed by atoms with Crippen molar-refractivity contribution in [2.24, 2.45) is 5.16 Å². The number of thioether (sulfide) groups is 1. The smallest absolute Gasteiger partial charge is 0.276 e. The van der Waals surface area contributed by atoms with E-state index in [1.807, 2.05) is 12.1 Å². The molecule has 13 nitrogen and oxygen atoms in total. The van der Waals surface area contributed by atoms with Crippen molar-refractivity contribution in [1.29, 1.82) is 0 Å². The SMILES string of the molecule is CO/N=C(\C(=O)N[C@@H]1C(=O)N2C(C(=O)[O-])=C(C[n+]3ccc(-c4ccno4)cc3)CS[C@H]12)c1csc(N)n1. The molecule has 0 saturated carbocycles. The van der Waals surface area contributed by atoms with Gasteiger partial charge in [-0.1, -0.05) is 10.3 Å². The molecule has 5 rings (SSSR count). The van der Waals surface area contributed by atoms with Gasteiger partial charge >= 0.3 is 0 Å². The zero-order valence-corrected chi connectivity index (χ0v) is 20.8. The van der Waals surface area contributed by atoms with E-state index in [0.29, 0.717) is 17.1 Å². The first-order valence-corrected chi connectivity index (χ1v) is 12.7. The Morgan fingerprint density at radius 3 is 2.78 bits per heavy atom. The highest BCUT2D eigenvalue weighted by molar-refractivity contribution is 8.00. The van der Waals surface area contributed by atoms with Crippen molar-refractivity contribution in [2.45, 2.75) is 18.0 Å². The van der Waals surface area contributed by atoms with E-state index in [-0.39, 0.29) is 28.8 Å². The summed E-state index contributed by atoms with van der Waals surface area (Å²) >= 11 is 2.46. The van der Waals surface area contributed by atoms with E-state index in [0.717, 1.165) is 21.8 Å². The van der Waals surface area contributed by atoms with E-state index in [9.17, 15) is 19.5 Å². The molecule has 190 valence electrons. The lowest BCUT2D eigenvalue weighted by atomic mass is 10.0.